The summed E-state index contributed by atoms with van der Waals surface area (Å²) in [5.41, 5.74) is 7.96. The van der Waals surface area contributed by atoms with Crippen molar-refractivity contribution in [2.75, 3.05) is 19.8 Å². The van der Waals surface area contributed by atoms with Gasteiger partial charge in [-0.3, -0.25) is 0 Å². The van der Waals surface area contributed by atoms with Crippen LogP contribution in [0.4, 0.5) is 0 Å². The zero-order chi connectivity index (χ0) is 21.6. The molecule has 3 aliphatic carbocycles. The van der Waals surface area contributed by atoms with Crippen LogP contribution < -0.4 is 5.73 Å². The number of ether oxygens (including phenoxy) is 1. The molecule has 30 heavy (non-hydrogen) atoms. The summed E-state index contributed by atoms with van der Waals surface area (Å²) in [7, 11) is 0. The third kappa shape index (κ3) is 5.15. The number of nitrogens with two attached hydrogens (primary N) is 1. The number of aliphatic hydroxyl groups is 1. The first-order chi connectivity index (χ1) is 14.5. The highest BCUT2D eigenvalue weighted by molar-refractivity contribution is 5.15. The second kappa shape index (κ2) is 11.0. The van der Waals surface area contributed by atoms with E-state index in [4.69, 9.17) is 10.5 Å². The molecule has 0 aromatic rings. The molecule has 0 radical (unpaired) electrons. The minimum Gasteiger partial charge on any atom is -0.396 e. The molecule has 3 nitrogen and oxygen atoms in total. The van der Waals surface area contributed by atoms with E-state index in [1.54, 1.807) is 0 Å². The molecule has 3 rings (SSSR count). The second-order valence-corrected chi connectivity index (χ2v) is 11.2. The van der Waals surface area contributed by atoms with Crippen LogP contribution in [0, 0.1) is 28.6 Å². The number of fused-ring (bicyclic) bond motifs is 2. The number of aliphatic hydroxyl groups excluding tert-OH is 1. The molecule has 0 aromatic carbocycles. The first-order valence-electron chi connectivity index (χ1n) is 13.1. The zero-order valence-corrected chi connectivity index (χ0v) is 20.0. The summed E-state index contributed by atoms with van der Waals surface area (Å²) < 4.78 is 6.71. The van der Waals surface area contributed by atoms with Crippen LogP contribution in [0.1, 0.15) is 104 Å². The Kier molecular flexibility index (Phi) is 8.87. The van der Waals surface area contributed by atoms with Gasteiger partial charge in [0, 0.05) is 18.6 Å². The van der Waals surface area contributed by atoms with Gasteiger partial charge >= 0.3 is 0 Å². The molecule has 0 heterocycles. The van der Waals surface area contributed by atoms with Gasteiger partial charge in [-0.05, 0) is 100 Å². The maximum absolute atomic E-state index is 9.31. The molecule has 0 aromatic heterocycles. The highest BCUT2D eigenvalue weighted by Gasteiger charge is 2.53. The van der Waals surface area contributed by atoms with E-state index >= 15 is 0 Å². The number of unbranched alkanes of at least 4 members (excludes halogenated alkanes) is 1. The first kappa shape index (κ1) is 24.3. The molecule has 3 N–H and O–H groups in total. The van der Waals surface area contributed by atoms with Crippen LogP contribution in [-0.4, -0.2) is 31.0 Å². The van der Waals surface area contributed by atoms with Crippen molar-refractivity contribution < 1.29 is 9.84 Å². The van der Waals surface area contributed by atoms with Gasteiger partial charge in [0.2, 0.25) is 0 Å². The lowest BCUT2D eigenvalue weighted by Crippen LogP contribution is -2.45. The Hall–Kier alpha value is -0.380. The Bertz CT molecular complexity index is 549. The SMILES string of the molecule is C=C1CCC2CCCC[C@]2(C)CC[C@H](OCCCN)[C@]2(C)C(CCCCO)CCC12. The van der Waals surface area contributed by atoms with Crippen LogP contribution in [0.15, 0.2) is 12.2 Å². The Labute approximate surface area is 186 Å². The minimum atomic E-state index is 0.180. The Morgan fingerprint density at radius 2 is 1.87 bits per heavy atom. The lowest BCUT2D eigenvalue weighted by atomic mass is 9.58. The number of allylic oxidation sites excluding steroid dienone is 1. The Balaban J connectivity index is 1.86. The van der Waals surface area contributed by atoms with E-state index < -0.39 is 0 Å². The predicted octanol–water partition coefficient (Wildman–Crippen LogP) is 6.24. The van der Waals surface area contributed by atoms with Gasteiger partial charge < -0.3 is 15.6 Å². The fourth-order valence-electron chi connectivity index (χ4n) is 7.54. The van der Waals surface area contributed by atoms with Gasteiger partial charge in [0.25, 0.3) is 0 Å². The number of hydrogen-bond donors (Lipinski definition) is 2. The molecule has 0 bridgehead atoms. The van der Waals surface area contributed by atoms with Crippen molar-refractivity contribution in [1.82, 2.24) is 0 Å². The fraction of sp³-hybridized carbons (Fsp3) is 0.926. The van der Waals surface area contributed by atoms with E-state index in [0.717, 1.165) is 31.8 Å². The van der Waals surface area contributed by atoms with E-state index in [9.17, 15) is 5.11 Å². The Morgan fingerprint density at radius 1 is 1.03 bits per heavy atom. The number of hydrogen-bond acceptors (Lipinski definition) is 3. The summed E-state index contributed by atoms with van der Waals surface area (Å²) in [4.78, 5) is 0. The molecule has 0 spiro atoms. The topological polar surface area (TPSA) is 55.5 Å². The third-order valence-corrected chi connectivity index (χ3v) is 9.58. The normalized spacial score (nSPS) is 40.1. The van der Waals surface area contributed by atoms with Gasteiger partial charge in [-0.2, -0.15) is 0 Å². The molecule has 0 saturated heterocycles. The van der Waals surface area contributed by atoms with Gasteiger partial charge in [-0.25, -0.2) is 0 Å². The van der Waals surface area contributed by atoms with Gasteiger partial charge in [0.1, 0.15) is 0 Å². The summed E-state index contributed by atoms with van der Waals surface area (Å²) in [6.07, 6.45) is 17.8. The van der Waals surface area contributed by atoms with Crippen LogP contribution in [0.3, 0.4) is 0 Å². The quantitative estimate of drug-likeness (QED) is 0.361. The average molecular weight is 420 g/mol. The largest absolute Gasteiger partial charge is 0.396 e. The van der Waals surface area contributed by atoms with Crippen molar-refractivity contribution >= 4 is 0 Å². The summed E-state index contributed by atoms with van der Waals surface area (Å²) in [6.45, 7) is 11.6. The smallest absolute Gasteiger partial charge is 0.0637 e. The van der Waals surface area contributed by atoms with Crippen LogP contribution in [-0.2, 0) is 4.74 Å². The van der Waals surface area contributed by atoms with Crippen LogP contribution in [0.2, 0.25) is 0 Å². The molecule has 3 aliphatic rings. The average Bonchev–Trinajstić information content (AvgIpc) is 3.06. The maximum Gasteiger partial charge on any atom is 0.0637 e. The molecule has 6 atom stereocenters. The van der Waals surface area contributed by atoms with Crippen molar-refractivity contribution in [3.63, 3.8) is 0 Å². The van der Waals surface area contributed by atoms with Gasteiger partial charge in [-0.1, -0.05) is 45.3 Å². The monoisotopic (exact) mass is 419 g/mol. The van der Waals surface area contributed by atoms with Crippen molar-refractivity contribution in [3.05, 3.63) is 12.2 Å². The first-order valence-corrected chi connectivity index (χ1v) is 13.1. The van der Waals surface area contributed by atoms with Crippen LogP contribution in [0.5, 0.6) is 0 Å². The third-order valence-electron chi connectivity index (χ3n) is 9.58. The standard InChI is InChI=1S/C27H49NO2/c1-21-11-12-22-9-4-6-16-26(22,2)17-15-25(30-20-8-18-28)27(3)23(10-5-7-19-29)13-14-24(21)27/h22-25,29H,1,4-20,28H2,2-3H3/t22?,23?,24?,25-,26+,27+/m0/s1. The molecule has 3 fully saturated rings. The van der Waals surface area contributed by atoms with Crippen molar-refractivity contribution in [2.45, 2.75) is 110 Å². The summed E-state index contributed by atoms with van der Waals surface area (Å²) in [6, 6.07) is 0. The second-order valence-electron chi connectivity index (χ2n) is 11.2. The van der Waals surface area contributed by atoms with E-state index in [2.05, 4.69) is 20.4 Å². The molecule has 3 saturated carbocycles. The summed E-state index contributed by atoms with van der Waals surface area (Å²) >= 11 is 0. The zero-order valence-electron chi connectivity index (χ0n) is 20.0. The van der Waals surface area contributed by atoms with Crippen molar-refractivity contribution in [2.24, 2.45) is 34.3 Å². The Morgan fingerprint density at radius 3 is 2.63 bits per heavy atom. The predicted molar refractivity (Wildman–Crippen MR) is 126 cm³/mol. The highest BCUT2D eigenvalue weighted by Crippen LogP contribution is 2.59. The minimum absolute atomic E-state index is 0.180. The molecule has 0 amide bonds. The van der Waals surface area contributed by atoms with E-state index in [1.807, 2.05) is 0 Å². The van der Waals surface area contributed by atoms with Gasteiger partial charge in [0.05, 0.1) is 6.10 Å². The maximum atomic E-state index is 9.31. The summed E-state index contributed by atoms with van der Waals surface area (Å²) in [5, 5.41) is 9.31. The molecule has 3 heteroatoms. The van der Waals surface area contributed by atoms with E-state index in [1.165, 1.54) is 76.2 Å². The van der Waals surface area contributed by atoms with Gasteiger partial charge in [0.15, 0.2) is 0 Å². The van der Waals surface area contributed by atoms with Gasteiger partial charge in [-0.15, -0.1) is 0 Å². The molecular formula is C27H49NO2. The van der Waals surface area contributed by atoms with Crippen LogP contribution >= 0.6 is 0 Å². The fourth-order valence-corrected chi connectivity index (χ4v) is 7.54. The van der Waals surface area contributed by atoms with Crippen molar-refractivity contribution in [1.29, 1.82) is 0 Å². The molecule has 3 unspecified atom stereocenters. The molecule has 0 aliphatic heterocycles. The van der Waals surface area contributed by atoms with Crippen LogP contribution in [0.25, 0.3) is 0 Å². The van der Waals surface area contributed by atoms with Crippen molar-refractivity contribution in [3.8, 4) is 0 Å². The highest BCUT2D eigenvalue weighted by atomic mass is 16.5. The van der Waals surface area contributed by atoms with E-state index in [-0.39, 0.29) is 5.41 Å². The van der Waals surface area contributed by atoms with E-state index in [0.29, 0.717) is 36.5 Å². The lowest BCUT2D eigenvalue weighted by molar-refractivity contribution is -0.0850. The molecular weight excluding hydrogens is 370 g/mol. The molecule has 174 valence electrons. The summed E-state index contributed by atoms with van der Waals surface area (Å²) in [5.74, 6) is 2.13. The number of rotatable bonds is 8. The lowest BCUT2D eigenvalue weighted by Gasteiger charge is -2.49.